The summed E-state index contributed by atoms with van der Waals surface area (Å²) in [5.41, 5.74) is 7.10. The number of thiocarbonyl (C=S) groups is 1. The molecule has 0 radical (unpaired) electrons. The van der Waals surface area contributed by atoms with Gasteiger partial charge in [-0.1, -0.05) is 42.5 Å². The van der Waals surface area contributed by atoms with Crippen LogP contribution in [0.2, 0.25) is 0 Å². The quantitative estimate of drug-likeness (QED) is 0.607. The SMILES string of the molecule is NC(=S)c1cccc(OCCOc2ccccc2CO)c1. The lowest BCUT2D eigenvalue weighted by atomic mass is 10.2. The minimum atomic E-state index is -0.0486. The van der Waals surface area contributed by atoms with Gasteiger partial charge in [-0.25, -0.2) is 0 Å². The van der Waals surface area contributed by atoms with Gasteiger partial charge in [0.15, 0.2) is 0 Å². The number of aliphatic hydroxyl groups excluding tert-OH is 1. The van der Waals surface area contributed by atoms with E-state index in [1.54, 1.807) is 6.07 Å². The van der Waals surface area contributed by atoms with E-state index in [2.05, 4.69) is 0 Å². The zero-order chi connectivity index (χ0) is 15.1. The molecule has 0 saturated heterocycles. The molecular weight excluding hydrogens is 286 g/mol. The Kier molecular flexibility index (Phi) is 5.54. The number of hydrogen-bond donors (Lipinski definition) is 2. The molecule has 3 N–H and O–H groups in total. The van der Waals surface area contributed by atoms with E-state index in [4.69, 9.17) is 27.4 Å². The van der Waals surface area contributed by atoms with Gasteiger partial charge in [0.25, 0.3) is 0 Å². The van der Waals surface area contributed by atoms with Crippen LogP contribution in [0.1, 0.15) is 11.1 Å². The van der Waals surface area contributed by atoms with Crippen molar-refractivity contribution in [2.24, 2.45) is 5.73 Å². The summed E-state index contributed by atoms with van der Waals surface area (Å²) in [5.74, 6) is 1.36. The van der Waals surface area contributed by atoms with Gasteiger partial charge in [-0.15, -0.1) is 0 Å². The monoisotopic (exact) mass is 303 g/mol. The number of benzene rings is 2. The Balaban J connectivity index is 1.85. The van der Waals surface area contributed by atoms with Gasteiger partial charge in [-0.05, 0) is 18.2 Å². The molecular formula is C16H17NO3S. The molecule has 5 heteroatoms. The number of nitrogens with two attached hydrogens (primary N) is 1. The molecule has 0 saturated carbocycles. The molecule has 0 aliphatic heterocycles. The van der Waals surface area contributed by atoms with E-state index in [1.807, 2.05) is 42.5 Å². The minimum Gasteiger partial charge on any atom is -0.490 e. The standard InChI is InChI=1S/C16H17NO3S/c17-16(21)12-5-3-6-14(10-12)19-8-9-20-15-7-2-1-4-13(15)11-18/h1-7,10,18H,8-9,11H2,(H2,17,21). The Labute approximate surface area is 129 Å². The lowest BCUT2D eigenvalue weighted by Crippen LogP contribution is -2.12. The summed E-state index contributed by atoms with van der Waals surface area (Å²) in [6, 6.07) is 14.7. The van der Waals surface area contributed by atoms with Crippen molar-refractivity contribution in [2.75, 3.05) is 13.2 Å². The maximum absolute atomic E-state index is 9.20. The van der Waals surface area contributed by atoms with Crippen LogP contribution in [0.15, 0.2) is 48.5 Å². The molecule has 2 rings (SSSR count). The molecule has 4 nitrogen and oxygen atoms in total. The van der Waals surface area contributed by atoms with Crippen molar-refractivity contribution in [1.29, 1.82) is 0 Å². The fourth-order valence-electron chi connectivity index (χ4n) is 1.83. The number of rotatable bonds is 7. The first-order chi connectivity index (χ1) is 10.2. The van der Waals surface area contributed by atoms with Crippen LogP contribution in [0.5, 0.6) is 11.5 Å². The first-order valence-electron chi connectivity index (χ1n) is 6.55. The van der Waals surface area contributed by atoms with Crippen LogP contribution in [0, 0.1) is 0 Å². The van der Waals surface area contributed by atoms with Crippen molar-refractivity contribution >= 4 is 17.2 Å². The van der Waals surface area contributed by atoms with Gasteiger partial charge < -0.3 is 20.3 Å². The predicted molar refractivity (Wildman–Crippen MR) is 85.7 cm³/mol. The van der Waals surface area contributed by atoms with Crippen molar-refractivity contribution in [3.8, 4) is 11.5 Å². The lowest BCUT2D eigenvalue weighted by molar-refractivity contribution is 0.210. The summed E-state index contributed by atoms with van der Waals surface area (Å²) in [5, 5.41) is 9.20. The second-order valence-corrected chi connectivity index (χ2v) is 4.79. The number of hydrogen-bond acceptors (Lipinski definition) is 4. The van der Waals surface area contributed by atoms with E-state index in [0.717, 1.165) is 11.1 Å². The molecule has 0 unspecified atom stereocenters. The summed E-state index contributed by atoms with van der Waals surface area (Å²) in [4.78, 5) is 0.341. The van der Waals surface area contributed by atoms with Crippen LogP contribution in [-0.4, -0.2) is 23.3 Å². The third-order valence-electron chi connectivity index (χ3n) is 2.87. The molecule has 2 aromatic rings. The fourth-order valence-corrected chi connectivity index (χ4v) is 1.95. The van der Waals surface area contributed by atoms with Crippen LogP contribution in [0.25, 0.3) is 0 Å². The Morgan fingerprint density at radius 2 is 1.81 bits per heavy atom. The molecule has 21 heavy (non-hydrogen) atoms. The third kappa shape index (κ3) is 4.44. The molecule has 2 aromatic carbocycles. The second-order valence-electron chi connectivity index (χ2n) is 4.35. The Morgan fingerprint density at radius 1 is 1.05 bits per heavy atom. The summed E-state index contributed by atoms with van der Waals surface area (Å²) >= 11 is 4.92. The molecule has 0 aliphatic rings. The molecule has 0 bridgehead atoms. The number of ether oxygens (including phenoxy) is 2. The lowest BCUT2D eigenvalue weighted by Gasteiger charge is -2.11. The van der Waals surface area contributed by atoms with Crippen molar-refractivity contribution in [2.45, 2.75) is 6.61 Å². The van der Waals surface area contributed by atoms with Gasteiger partial charge >= 0.3 is 0 Å². The maximum atomic E-state index is 9.20. The molecule has 0 atom stereocenters. The normalized spacial score (nSPS) is 10.1. The molecule has 0 aliphatic carbocycles. The van der Waals surface area contributed by atoms with Gasteiger partial charge in [-0.2, -0.15) is 0 Å². The van der Waals surface area contributed by atoms with Crippen molar-refractivity contribution in [3.63, 3.8) is 0 Å². The van der Waals surface area contributed by atoms with Gasteiger partial charge in [-0.3, -0.25) is 0 Å². The first-order valence-corrected chi connectivity index (χ1v) is 6.96. The molecule has 0 heterocycles. The van der Waals surface area contributed by atoms with Crippen molar-refractivity contribution in [1.82, 2.24) is 0 Å². The summed E-state index contributed by atoms with van der Waals surface area (Å²) in [6.07, 6.45) is 0. The second kappa shape index (κ2) is 7.61. The van der Waals surface area contributed by atoms with E-state index in [-0.39, 0.29) is 6.61 Å². The van der Waals surface area contributed by atoms with E-state index >= 15 is 0 Å². The van der Waals surface area contributed by atoms with Gasteiger partial charge in [0, 0.05) is 11.1 Å². The van der Waals surface area contributed by atoms with Crippen LogP contribution in [0.4, 0.5) is 0 Å². The highest BCUT2D eigenvalue weighted by atomic mass is 32.1. The predicted octanol–water partition coefficient (Wildman–Crippen LogP) is 2.27. The van der Waals surface area contributed by atoms with Gasteiger partial charge in [0.1, 0.15) is 29.7 Å². The van der Waals surface area contributed by atoms with Crippen molar-refractivity contribution < 1.29 is 14.6 Å². The van der Waals surface area contributed by atoms with Crippen LogP contribution >= 0.6 is 12.2 Å². The topological polar surface area (TPSA) is 64.7 Å². The van der Waals surface area contributed by atoms with E-state index in [1.165, 1.54) is 0 Å². The molecule has 0 amide bonds. The smallest absolute Gasteiger partial charge is 0.124 e. The molecule has 0 spiro atoms. The Hall–Kier alpha value is -2.11. The van der Waals surface area contributed by atoms with Gasteiger partial charge in [0.05, 0.1) is 6.61 Å². The van der Waals surface area contributed by atoms with Crippen molar-refractivity contribution in [3.05, 3.63) is 59.7 Å². The fraction of sp³-hybridized carbons (Fsp3) is 0.188. The minimum absolute atomic E-state index is 0.0486. The highest BCUT2D eigenvalue weighted by Gasteiger charge is 2.02. The van der Waals surface area contributed by atoms with Crippen LogP contribution < -0.4 is 15.2 Å². The molecule has 110 valence electrons. The summed E-state index contributed by atoms with van der Waals surface area (Å²) in [7, 11) is 0. The average molecular weight is 303 g/mol. The van der Waals surface area contributed by atoms with Crippen LogP contribution in [0.3, 0.4) is 0 Å². The first kappa shape index (κ1) is 15.3. The van der Waals surface area contributed by atoms with Gasteiger partial charge in [0.2, 0.25) is 0 Å². The Morgan fingerprint density at radius 3 is 2.57 bits per heavy atom. The average Bonchev–Trinajstić information content (AvgIpc) is 2.52. The van der Waals surface area contributed by atoms with E-state index < -0.39 is 0 Å². The molecule has 0 aromatic heterocycles. The third-order valence-corrected chi connectivity index (χ3v) is 3.11. The highest BCUT2D eigenvalue weighted by Crippen LogP contribution is 2.18. The Bertz CT molecular complexity index is 616. The zero-order valence-electron chi connectivity index (χ0n) is 11.5. The van der Waals surface area contributed by atoms with E-state index in [9.17, 15) is 5.11 Å². The maximum Gasteiger partial charge on any atom is 0.124 e. The summed E-state index contributed by atoms with van der Waals surface area (Å²) < 4.78 is 11.2. The number of aliphatic hydroxyl groups is 1. The molecule has 0 fully saturated rings. The summed E-state index contributed by atoms with van der Waals surface area (Å²) in [6.45, 7) is 0.724. The largest absolute Gasteiger partial charge is 0.490 e. The highest BCUT2D eigenvalue weighted by molar-refractivity contribution is 7.80. The van der Waals surface area contributed by atoms with E-state index in [0.29, 0.717) is 29.7 Å². The number of para-hydroxylation sites is 1. The zero-order valence-corrected chi connectivity index (χ0v) is 12.3. The van der Waals surface area contributed by atoms with Crippen LogP contribution in [-0.2, 0) is 6.61 Å².